The number of rotatable bonds is 17. The highest BCUT2D eigenvalue weighted by atomic mass is 28.3. The molecule has 0 saturated heterocycles. The Morgan fingerprint density at radius 1 is 0.704 bits per heavy atom. The van der Waals surface area contributed by atoms with Crippen LogP contribution in [0.15, 0.2) is 12.2 Å². The highest BCUT2D eigenvalue weighted by Gasteiger charge is 2.08. The lowest BCUT2D eigenvalue weighted by molar-refractivity contribution is -0.113. The van der Waals surface area contributed by atoms with E-state index in [1.807, 2.05) is 0 Å². The summed E-state index contributed by atoms with van der Waals surface area (Å²) in [6, 6.07) is 0. The van der Waals surface area contributed by atoms with Gasteiger partial charge in [-0.2, -0.15) is 0 Å². The van der Waals surface area contributed by atoms with E-state index in [0.29, 0.717) is 6.42 Å². The summed E-state index contributed by atoms with van der Waals surface area (Å²) in [5.41, 5.74) is 3.16. The second-order valence-electron chi connectivity index (χ2n) is 8.96. The average Bonchev–Trinajstić information content (AvgIpc) is 2.62. The SMILES string of the molecule is CCCCCCCC/C=C/CCCCCCCCCC(=O)C#C[Si](C)(C)C. The fourth-order valence-corrected chi connectivity index (χ4v) is 3.54. The molecule has 0 atom stereocenters. The van der Waals surface area contributed by atoms with Gasteiger partial charge in [-0.1, -0.05) is 103 Å². The first-order chi connectivity index (χ1) is 13.0. The molecule has 0 aliphatic carbocycles. The molecule has 0 heterocycles. The first kappa shape index (κ1) is 26.2. The van der Waals surface area contributed by atoms with Gasteiger partial charge >= 0.3 is 0 Å². The van der Waals surface area contributed by atoms with E-state index in [-0.39, 0.29) is 5.78 Å². The number of allylic oxidation sites excluding steroid dienone is 2. The lowest BCUT2D eigenvalue weighted by atomic mass is 10.1. The molecule has 0 spiro atoms. The van der Waals surface area contributed by atoms with Crippen LogP contribution in [0.5, 0.6) is 0 Å². The molecule has 0 aromatic rings. The summed E-state index contributed by atoms with van der Waals surface area (Å²) in [6.07, 6.45) is 25.1. The van der Waals surface area contributed by atoms with Gasteiger partial charge in [0.2, 0.25) is 5.78 Å². The van der Waals surface area contributed by atoms with Crippen LogP contribution in [0, 0.1) is 11.5 Å². The van der Waals surface area contributed by atoms with E-state index >= 15 is 0 Å². The maximum atomic E-state index is 11.7. The van der Waals surface area contributed by atoms with Gasteiger partial charge in [-0.05, 0) is 38.0 Å². The molecule has 0 radical (unpaired) electrons. The third kappa shape index (κ3) is 23.1. The topological polar surface area (TPSA) is 17.1 Å². The lowest BCUT2D eigenvalue weighted by Crippen LogP contribution is -2.17. The molecule has 2 heteroatoms. The molecule has 0 amide bonds. The largest absolute Gasteiger partial charge is 0.285 e. The fraction of sp³-hybridized carbons (Fsp3) is 0.800. The van der Waals surface area contributed by atoms with Crippen LogP contribution in [-0.4, -0.2) is 13.9 Å². The van der Waals surface area contributed by atoms with E-state index in [1.165, 1.54) is 89.9 Å². The van der Waals surface area contributed by atoms with Gasteiger partial charge in [0.1, 0.15) is 8.07 Å². The maximum Gasteiger partial charge on any atom is 0.204 e. The number of unbranched alkanes of at least 4 members (excludes halogenated alkanes) is 13. The van der Waals surface area contributed by atoms with Crippen molar-refractivity contribution in [3.8, 4) is 11.5 Å². The van der Waals surface area contributed by atoms with Crippen molar-refractivity contribution in [2.75, 3.05) is 0 Å². The second-order valence-corrected chi connectivity index (χ2v) is 13.7. The van der Waals surface area contributed by atoms with Crippen molar-refractivity contribution >= 4 is 13.9 Å². The number of hydrogen-bond donors (Lipinski definition) is 0. The van der Waals surface area contributed by atoms with Crippen LogP contribution in [0.25, 0.3) is 0 Å². The Hall–Kier alpha value is -0.813. The minimum absolute atomic E-state index is 0.144. The van der Waals surface area contributed by atoms with E-state index < -0.39 is 8.07 Å². The summed E-state index contributed by atoms with van der Waals surface area (Å²) >= 11 is 0. The van der Waals surface area contributed by atoms with Gasteiger partial charge in [-0.25, -0.2) is 0 Å². The predicted molar refractivity (Wildman–Crippen MR) is 125 cm³/mol. The van der Waals surface area contributed by atoms with Gasteiger partial charge in [0, 0.05) is 6.42 Å². The Balaban J connectivity index is 3.30. The fourth-order valence-electron chi connectivity index (χ4n) is 3.03. The van der Waals surface area contributed by atoms with Crippen molar-refractivity contribution < 1.29 is 4.79 Å². The van der Waals surface area contributed by atoms with Crippen molar-refractivity contribution in [3.05, 3.63) is 12.2 Å². The summed E-state index contributed by atoms with van der Waals surface area (Å²) < 4.78 is 0. The molecule has 0 rings (SSSR count). The molecule has 156 valence electrons. The quantitative estimate of drug-likeness (QED) is 0.106. The molecule has 0 unspecified atom stereocenters. The Kier molecular flexibility index (Phi) is 18.0. The van der Waals surface area contributed by atoms with Crippen LogP contribution in [0.2, 0.25) is 19.6 Å². The van der Waals surface area contributed by atoms with Crippen LogP contribution in [-0.2, 0) is 4.79 Å². The van der Waals surface area contributed by atoms with Crippen molar-refractivity contribution in [2.45, 2.75) is 129 Å². The first-order valence-electron chi connectivity index (χ1n) is 11.7. The third-order valence-electron chi connectivity index (χ3n) is 4.74. The first-order valence-corrected chi connectivity index (χ1v) is 15.2. The molecule has 27 heavy (non-hydrogen) atoms. The second kappa shape index (κ2) is 18.5. The smallest absolute Gasteiger partial charge is 0.204 e. The van der Waals surface area contributed by atoms with Crippen LogP contribution in [0.3, 0.4) is 0 Å². The molecular weight excluding hydrogens is 344 g/mol. The molecule has 0 fully saturated rings. The van der Waals surface area contributed by atoms with Crippen molar-refractivity contribution in [1.82, 2.24) is 0 Å². The standard InChI is InChI=1S/C25H46OSi/c1-5-6-7-8-9-10-11-12-13-14-15-16-17-18-19-20-21-22-25(26)23-24-27(2,3)4/h12-13H,5-11,14-22H2,1-4H3/b13-12+. The zero-order valence-corrected chi connectivity index (χ0v) is 19.9. The molecule has 0 N–H and O–H groups in total. The number of hydrogen-bond acceptors (Lipinski definition) is 1. The Bertz CT molecular complexity index is 433. The van der Waals surface area contributed by atoms with E-state index in [1.54, 1.807) is 0 Å². The molecule has 0 aliphatic heterocycles. The molecule has 0 aliphatic rings. The molecule has 1 nitrogen and oxygen atoms in total. The van der Waals surface area contributed by atoms with Crippen LogP contribution >= 0.6 is 0 Å². The zero-order valence-electron chi connectivity index (χ0n) is 18.9. The van der Waals surface area contributed by atoms with Crippen molar-refractivity contribution in [2.24, 2.45) is 0 Å². The van der Waals surface area contributed by atoms with E-state index in [2.05, 4.69) is 50.2 Å². The van der Waals surface area contributed by atoms with Crippen LogP contribution < -0.4 is 0 Å². The van der Waals surface area contributed by atoms with Crippen LogP contribution in [0.4, 0.5) is 0 Å². The van der Waals surface area contributed by atoms with Gasteiger partial charge < -0.3 is 0 Å². The average molecular weight is 391 g/mol. The maximum absolute atomic E-state index is 11.7. The van der Waals surface area contributed by atoms with Gasteiger partial charge in [-0.3, -0.25) is 4.79 Å². The number of Topliss-reactive ketones (excluding diaryl/α,β-unsaturated/α-hetero) is 1. The summed E-state index contributed by atoms with van der Waals surface area (Å²) in [4.78, 5) is 11.7. The van der Waals surface area contributed by atoms with Gasteiger partial charge in [-0.15, -0.1) is 5.54 Å². The number of ketones is 1. The summed E-state index contributed by atoms with van der Waals surface area (Å²) in [7, 11) is -1.40. The number of carbonyl (C=O) groups excluding carboxylic acids is 1. The third-order valence-corrected chi connectivity index (χ3v) is 5.62. The summed E-state index contributed by atoms with van der Waals surface area (Å²) in [6.45, 7) is 8.81. The minimum Gasteiger partial charge on any atom is -0.285 e. The van der Waals surface area contributed by atoms with E-state index in [9.17, 15) is 4.79 Å². The van der Waals surface area contributed by atoms with Gasteiger partial charge in [0.15, 0.2) is 0 Å². The molecule has 0 saturated carbocycles. The number of carbonyl (C=O) groups is 1. The highest BCUT2D eigenvalue weighted by molar-refractivity contribution is 6.84. The zero-order chi connectivity index (χ0) is 20.2. The summed E-state index contributed by atoms with van der Waals surface area (Å²) in [5, 5.41) is 0. The monoisotopic (exact) mass is 390 g/mol. The Morgan fingerprint density at radius 3 is 1.63 bits per heavy atom. The van der Waals surface area contributed by atoms with Crippen molar-refractivity contribution in [1.29, 1.82) is 0 Å². The van der Waals surface area contributed by atoms with E-state index in [4.69, 9.17) is 0 Å². The normalized spacial score (nSPS) is 11.6. The molecule has 0 bridgehead atoms. The Labute approximate surface area is 171 Å². The molecular formula is C25H46OSi. The molecule has 0 aromatic heterocycles. The lowest BCUT2D eigenvalue weighted by Gasteiger charge is -2.03. The summed E-state index contributed by atoms with van der Waals surface area (Å²) in [5.74, 6) is 2.99. The minimum atomic E-state index is -1.40. The van der Waals surface area contributed by atoms with Gasteiger partial charge in [0.05, 0.1) is 0 Å². The predicted octanol–water partition coefficient (Wildman–Crippen LogP) is 8.25. The highest BCUT2D eigenvalue weighted by Crippen LogP contribution is 2.11. The van der Waals surface area contributed by atoms with Gasteiger partial charge in [0.25, 0.3) is 0 Å². The van der Waals surface area contributed by atoms with Crippen LogP contribution in [0.1, 0.15) is 110 Å². The molecule has 0 aromatic carbocycles. The van der Waals surface area contributed by atoms with E-state index in [0.717, 1.165) is 6.42 Å². The van der Waals surface area contributed by atoms with Crippen molar-refractivity contribution in [3.63, 3.8) is 0 Å². The Morgan fingerprint density at radius 2 is 1.15 bits per heavy atom.